The second-order valence-corrected chi connectivity index (χ2v) is 4.11. The molecule has 0 spiro atoms. The summed E-state index contributed by atoms with van der Waals surface area (Å²) in [7, 11) is 0. The lowest BCUT2D eigenvalue weighted by atomic mass is 9.99. The Hall–Kier alpha value is -0.260. The summed E-state index contributed by atoms with van der Waals surface area (Å²) in [5.41, 5.74) is 0. The lowest BCUT2D eigenvalue weighted by Gasteiger charge is -2.06. The minimum Gasteiger partial charge on any atom is -0.0808 e. The van der Waals surface area contributed by atoms with Crippen LogP contribution in [0.25, 0.3) is 0 Å². The van der Waals surface area contributed by atoms with Crippen LogP contribution in [0.15, 0.2) is 6.08 Å². The molecule has 1 unspecified atom stereocenters. The van der Waals surface area contributed by atoms with Crippen LogP contribution in [-0.4, -0.2) is 0 Å². The van der Waals surface area contributed by atoms with Gasteiger partial charge < -0.3 is 0 Å². The van der Waals surface area contributed by atoms with Crippen LogP contribution in [0.2, 0.25) is 0 Å². The second-order valence-electron chi connectivity index (χ2n) is 4.11. The van der Waals surface area contributed by atoms with Crippen LogP contribution in [0.4, 0.5) is 0 Å². The zero-order chi connectivity index (χ0) is 10.6. The van der Waals surface area contributed by atoms with Gasteiger partial charge in [0.15, 0.2) is 0 Å². The minimum atomic E-state index is 0.714. The molecule has 0 aliphatic heterocycles. The lowest BCUT2D eigenvalue weighted by molar-refractivity contribution is 0.546. The van der Waals surface area contributed by atoms with Gasteiger partial charge in [-0.2, -0.15) is 0 Å². The fourth-order valence-corrected chi connectivity index (χ4v) is 1.68. The Morgan fingerprint density at radius 1 is 1.00 bits per heavy atom. The quantitative estimate of drug-likeness (QED) is 0.447. The molecule has 0 nitrogen and oxygen atoms in total. The normalized spacial score (nSPS) is 13.6. The third-order valence-electron chi connectivity index (χ3n) is 2.69. The highest BCUT2D eigenvalue weighted by molar-refractivity contribution is 4.79. The molecular formula is C14H27. The van der Waals surface area contributed by atoms with E-state index in [4.69, 9.17) is 0 Å². The fraction of sp³-hybridized carbons (Fsp3) is 0.857. The average molecular weight is 195 g/mol. The molecular weight excluding hydrogens is 168 g/mol. The van der Waals surface area contributed by atoms with Crippen molar-refractivity contribution in [2.24, 2.45) is 5.92 Å². The summed E-state index contributed by atoms with van der Waals surface area (Å²) in [5.74, 6) is 0.714. The Kier molecular flexibility index (Phi) is 10.6. The Balaban J connectivity index is 3.38. The molecule has 0 aromatic rings. The molecule has 0 aromatic carbocycles. The van der Waals surface area contributed by atoms with Crippen LogP contribution in [0.3, 0.4) is 0 Å². The predicted octanol–water partition coefficient (Wildman–Crippen LogP) is 5.14. The number of allylic oxidation sites excluding steroid dienone is 2. The van der Waals surface area contributed by atoms with Gasteiger partial charge in [0.2, 0.25) is 0 Å². The average Bonchev–Trinajstić information content (AvgIpc) is 2.21. The highest BCUT2D eigenvalue weighted by Crippen LogP contribution is 2.12. The van der Waals surface area contributed by atoms with Crippen molar-refractivity contribution < 1.29 is 0 Å². The molecule has 0 bridgehead atoms. The van der Waals surface area contributed by atoms with Gasteiger partial charge in [-0.15, -0.1) is 0 Å². The van der Waals surface area contributed by atoms with E-state index >= 15 is 0 Å². The molecule has 14 heavy (non-hydrogen) atoms. The van der Waals surface area contributed by atoms with E-state index in [2.05, 4.69) is 32.9 Å². The fourth-order valence-electron chi connectivity index (χ4n) is 1.68. The predicted molar refractivity (Wildman–Crippen MR) is 65.3 cm³/mol. The highest BCUT2D eigenvalue weighted by atomic mass is 14.0. The zero-order valence-electron chi connectivity index (χ0n) is 10.3. The summed E-state index contributed by atoms with van der Waals surface area (Å²) in [6.45, 7) is 6.78. The van der Waals surface area contributed by atoms with E-state index < -0.39 is 0 Å². The van der Waals surface area contributed by atoms with E-state index in [1.165, 1.54) is 51.4 Å². The maximum absolute atomic E-state index is 3.52. The van der Waals surface area contributed by atoms with Gasteiger partial charge in [-0.3, -0.25) is 0 Å². The van der Waals surface area contributed by atoms with Gasteiger partial charge in [0.1, 0.15) is 0 Å². The molecule has 0 aromatic heterocycles. The van der Waals surface area contributed by atoms with E-state index in [1.807, 2.05) is 0 Å². The minimum absolute atomic E-state index is 0.714. The van der Waals surface area contributed by atoms with Crippen molar-refractivity contribution in [3.05, 3.63) is 12.2 Å². The summed E-state index contributed by atoms with van der Waals surface area (Å²) in [4.78, 5) is 0. The largest absolute Gasteiger partial charge is 0.0808 e. The Morgan fingerprint density at radius 3 is 2.36 bits per heavy atom. The van der Waals surface area contributed by atoms with E-state index in [9.17, 15) is 0 Å². The van der Waals surface area contributed by atoms with Gasteiger partial charge in [0.25, 0.3) is 0 Å². The summed E-state index contributed by atoms with van der Waals surface area (Å²) in [6.07, 6.45) is 16.3. The first-order valence-electron chi connectivity index (χ1n) is 6.42. The molecule has 0 saturated carbocycles. The van der Waals surface area contributed by atoms with Crippen molar-refractivity contribution >= 4 is 0 Å². The van der Waals surface area contributed by atoms with E-state index in [-0.39, 0.29) is 0 Å². The van der Waals surface area contributed by atoms with E-state index in [0.717, 1.165) is 0 Å². The summed E-state index contributed by atoms with van der Waals surface area (Å²) in [5, 5.41) is 0. The Bertz CT molecular complexity index is 124. The standard InChI is InChI=1S/C14H27/c1-4-7-8-9-10-11-13-14(6-3)12-5-2/h11,14H,4-10,12H2,1-3H3. The summed E-state index contributed by atoms with van der Waals surface area (Å²) >= 11 is 0. The molecule has 0 heterocycles. The topological polar surface area (TPSA) is 0 Å². The van der Waals surface area contributed by atoms with Gasteiger partial charge in [-0.1, -0.05) is 52.5 Å². The van der Waals surface area contributed by atoms with Gasteiger partial charge >= 0.3 is 0 Å². The van der Waals surface area contributed by atoms with E-state index in [0.29, 0.717) is 5.92 Å². The van der Waals surface area contributed by atoms with Crippen molar-refractivity contribution in [3.8, 4) is 0 Å². The number of hydrogen-bond donors (Lipinski definition) is 0. The first-order valence-corrected chi connectivity index (χ1v) is 6.42. The summed E-state index contributed by atoms with van der Waals surface area (Å²) < 4.78 is 0. The number of rotatable bonds is 9. The maximum atomic E-state index is 3.52. The van der Waals surface area contributed by atoms with Crippen LogP contribution in [-0.2, 0) is 0 Å². The molecule has 0 rings (SSSR count). The van der Waals surface area contributed by atoms with Crippen molar-refractivity contribution in [2.45, 2.75) is 72.1 Å². The van der Waals surface area contributed by atoms with Gasteiger partial charge in [0.05, 0.1) is 0 Å². The van der Waals surface area contributed by atoms with Gasteiger partial charge in [-0.05, 0) is 37.7 Å². The number of unbranched alkanes of at least 4 members (excludes halogenated alkanes) is 4. The molecule has 0 saturated heterocycles. The van der Waals surface area contributed by atoms with Crippen LogP contribution in [0.1, 0.15) is 72.1 Å². The second kappa shape index (κ2) is 10.8. The molecule has 0 amide bonds. The zero-order valence-corrected chi connectivity index (χ0v) is 10.3. The number of hydrogen-bond acceptors (Lipinski definition) is 0. The first kappa shape index (κ1) is 13.7. The summed E-state index contributed by atoms with van der Waals surface area (Å²) in [6, 6.07) is 0. The van der Waals surface area contributed by atoms with Crippen molar-refractivity contribution in [1.29, 1.82) is 0 Å². The lowest BCUT2D eigenvalue weighted by Crippen LogP contribution is -1.93. The maximum Gasteiger partial charge on any atom is -0.0165 e. The third kappa shape index (κ3) is 8.34. The van der Waals surface area contributed by atoms with Crippen LogP contribution < -0.4 is 0 Å². The van der Waals surface area contributed by atoms with Crippen LogP contribution in [0, 0.1) is 12.0 Å². The molecule has 1 atom stereocenters. The van der Waals surface area contributed by atoms with Crippen molar-refractivity contribution in [2.75, 3.05) is 0 Å². The molecule has 0 aliphatic carbocycles. The van der Waals surface area contributed by atoms with Crippen LogP contribution >= 0.6 is 0 Å². The van der Waals surface area contributed by atoms with Crippen molar-refractivity contribution in [3.63, 3.8) is 0 Å². The molecule has 0 aliphatic rings. The molecule has 1 radical (unpaired) electrons. The third-order valence-corrected chi connectivity index (χ3v) is 2.69. The molecule has 0 N–H and O–H groups in total. The Morgan fingerprint density at radius 2 is 1.79 bits per heavy atom. The first-order chi connectivity index (χ1) is 6.85. The van der Waals surface area contributed by atoms with Crippen LogP contribution in [0.5, 0.6) is 0 Å². The van der Waals surface area contributed by atoms with E-state index in [1.54, 1.807) is 0 Å². The molecule has 83 valence electrons. The highest BCUT2D eigenvalue weighted by Gasteiger charge is 1.98. The molecule has 0 fully saturated rings. The SMILES string of the molecule is CCCCCC/C=[C]/C(CC)CCC. The molecule has 0 heteroatoms. The smallest absolute Gasteiger partial charge is 0.0165 e. The Labute approximate surface area is 90.8 Å². The van der Waals surface area contributed by atoms with Gasteiger partial charge in [-0.25, -0.2) is 0 Å². The van der Waals surface area contributed by atoms with Crippen molar-refractivity contribution in [1.82, 2.24) is 0 Å². The van der Waals surface area contributed by atoms with Gasteiger partial charge in [0, 0.05) is 0 Å². The monoisotopic (exact) mass is 195 g/mol.